The standard InChI is InChI=1S/C15H15FN2O4S/c1-22-15(19)11-6-10(9-17)7-13(8-11)18-23(20,21)14-4-2-12(16)3-5-14/h2-8,18H,9,17H2,1H3. The van der Waals surface area contributed by atoms with Gasteiger partial charge in [-0.05, 0) is 48.0 Å². The van der Waals surface area contributed by atoms with Crippen molar-refractivity contribution in [2.75, 3.05) is 11.8 Å². The van der Waals surface area contributed by atoms with E-state index in [1.807, 2.05) is 0 Å². The first-order valence-electron chi connectivity index (χ1n) is 6.56. The van der Waals surface area contributed by atoms with Crippen molar-refractivity contribution in [3.05, 3.63) is 59.4 Å². The molecule has 0 unspecified atom stereocenters. The number of rotatable bonds is 5. The van der Waals surface area contributed by atoms with Gasteiger partial charge in [-0.1, -0.05) is 0 Å². The number of sulfonamides is 1. The van der Waals surface area contributed by atoms with Gasteiger partial charge in [0.25, 0.3) is 10.0 Å². The number of halogens is 1. The van der Waals surface area contributed by atoms with E-state index in [1.54, 1.807) is 0 Å². The van der Waals surface area contributed by atoms with Gasteiger partial charge in [-0.2, -0.15) is 0 Å². The molecule has 0 aliphatic carbocycles. The van der Waals surface area contributed by atoms with E-state index in [2.05, 4.69) is 9.46 Å². The molecule has 3 N–H and O–H groups in total. The summed E-state index contributed by atoms with van der Waals surface area (Å²) in [5.41, 5.74) is 6.45. The lowest BCUT2D eigenvalue weighted by atomic mass is 10.1. The van der Waals surface area contributed by atoms with Crippen LogP contribution < -0.4 is 10.5 Å². The minimum atomic E-state index is -3.91. The summed E-state index contributed by atoms with van der Waals surface area (Å²) in [5, 5.41) is 0. The summed E-state index contributed by atoms with van der Waals surface area (Å²) in [6.45, 7) is 0.121. The average molecular weight is 338 g/mol. The monoisotopic (exact) mass is 338 g/mol. The SMILES string of the molecule is COC(=O)c1cc(CN)cc(NS(=O)(=O)c2ccc(F)cc2)c1. The molecule has 0 radical (unpaired) electrons. The molecule has 0 bridgehead atoms. The number of carbonyl (C=O) groups excluding carboxylic acids is 1. The molecule has 0 fully saturated rings. The van der Waals surface area contributed by atoms with Crippen molar-refractivity contribution in [1.82, 2.24) is 0 Å². The van der Waals surface area contributed by atoms with E-state index >= 15 is 0 Å². The van der Waals surface area contributed by atoms with Gasteiger partial charge in [0.2, 0.25) is 0 Å². The molecule has 2 aromatic carbocycles. The topological polar surface area (TPSA) is 98.5 Å². The summed E-state index contributed by atoms with van der Waals surface area (Å²) in [6, 6.07) is 8.74. The molecule has 8 heteroatoms. The van der Waals surface area contributed by atoms with E-state index < -0.39 is 21.8 Å². The highest BCUT2D eigenvalue weighted by atomic mass is 32.2. The number of methoxy groups -OCH3 is 1. The minimum Gasteiger partial charge on any atom is -0.465 e. The number of esters is 1. The molecule has 0 amide bonds. The number of hydrogen-bond acceptors (Lipinski definition) is 5. The number of ether oxygens (including phenoxy) is 1. The van der Waals surface area contributed by atoms with Crippen molar-refractivity contribution in [2.24, 2.45) is 5.73 Å². The molecule has 0 heterocycles. The Bertz CT molecular complexity index is 820. The van der Waals surface area contributed by atoms with Crippen LogP contribution in [0.15, 0.2) is 47.4 Å². The van der Waals surface area contributed by atoms with Crippen LogP contribution in [-0.4, -0.2) is 21.5 Å². The van der Waals surface area contributed by atoms with Gasteiger partial charge in [-0.25, -0.2) is 17.6 Å². The largest absolute Gasteiger partial charge is 0.465 e. The van der Waals surface area contributed by atoms with Gasteiger partial charge < -0.3 is 10.5 Å². The Morgan fingerprint density at radius 2 is 1.87 bits per heavy atom. The molecule has 0 spiro atoms. The first-order chi connectivity index (χ1) is 10.9. The molecule has 0 saturated heterocycles. The molecule has 0 saturated carbocycles. The maximum atomic E-state index is 12.9. The number of nitrogens with two attached hydrogens (primary N) is 1. The normalized spacial score (nSPS) is 11.1. The second-order valence-electron chi connectivity index (χ2n) is 4.67. The highest BCUT2D eigenvalue weighted by Gasteiger charge is 2.16. The van der Waals surface area contributed by atoms with E-state index in [0.29, 0.717) is 5.56 Å². The summed E-state index contributed by atoms with van der Waals surface area (Å²) in [4.78, 5) is 11.5. The lowest BCUT2D eigenvalue weighted by Gasteiger charge is -2.11. The van der Waals surface area contributed by atoms with Crippen molar-refractivity contribution >= 4 is 21.7 Å². The molecule has 2 aromatic rings. The molecular formula is C15H15FN2O4S. The van der Waals surface area contributed by atoms with Crippen LogP contribution in [0.5, 0.6) is 0 Å². The van der Waals surface area contributed by atoms with Crippen LogP contribution in [0.3, 0.4) is 0 Å². The average Bonchev–Trinajstić information content (AvgIpc) is 2.53. The van der Waals surface area contributed by atoms with Gasteiger partial charge in [0, 0.05) is 12.2 Å². The minimum absolute atomic E-state index is 0.100. The van der Waals surface area contributed by atoms with Crippen molar-refractivity contribution < 1.29 is 22.3 Å². The Balaban J connectivity index is 2.38. The summed E-state index contributed by atoms with van der Waals surface area (Å²) < 4.78 is 44.4. The Labute approximate surface area is 133 Å². The van der Waals surface area contributed by atoms with Gasteiger partial charge >= 0.3 is 5.97 Å². The van der Waals surface area contributed by atoms with Crippen LogP contribution in [0.25, 0.3) is 0 Å². The fourth-order valence-corrected chi connectivity index (χ4v) is 2.97. The molecule has 0 atom stereocenters. The molecule has 6 nitrogen and oxygen atoms in total. The van der Waals surface area contributed by atoms with Crippen LogP contribution in [-0.2, 0) is 21.3 Å². The Kier molecular flexibility index (Phi) is 4.97. The van der Waals surface area contributed by atoms with Gasteiger partial charge in [-0.3, -0.25) is 4.72 Å². The smallest absolute Gasteiger partial charge is 0.337 e. The van der Waals surface area contributed by atoms with Crippen molar-refractivity contribution in [3.63, 3.8) is 0 Å². The van der Waals surface area contributed by atoms with Gasteiger partial charge in [0.15, 0.2) is 0 Å². The molecule has 122 valence electrons. The zero-order chi connectivity index (χ0) is 17.0. The Morgan fingerprint density at radius 3 is 2.43 bits per heavy atom. The maximum absolute atomic E-state index is 12.9. The Morgan fingerprint density at radius 1 is 1.22 bits per heavy atom. The van der Waals surface area contributed by atoms with Gasteiger partial charge in [-0.15, -0.1) is 0 Å². The first-order valence-corrected chi connectivity index (χ1v) is 8.05. The van der Waals surface area contributed by atoms with E-state index in [-0.39, 0.29) is 22.7 Å². The van der Waals surface area contributed by atoms with E-state index in [1.165, 1.54) is 25.3 Å². The van der Waals surface area contributed by atoms with Gasteiger partial charge in [0.05, 0.1) is 17.6 Å². The number of nitrogens with one attached hydrogen (secondary N) is 1. The fraction of sp³-hybridized carbons (Fsp3) is 0.133. The van der Waals surface area contributed by atoms with Crippen molar-refractivity contribution in [3.8, 4) is 0 Å². The Hall–Kier alpha value is -2.45. The number of carbonyl (C=O) groups is 1. The summed E-state index contributed by atoms with van der Waals surface area (Å²) in [6.07, 6.45) is 0. The van der Waals surface area contributed by atoms with Gasteiger partial charge in [0.1, 0.15) is 5.82 Å². The third kappa shape index (κ3) is 4.05. The summed E-state index contributed by atoms with van der Waals surface area (Å²) in [7, 11) is -2.69. The quantitative estimate of drug-likeness (QED) is 0.811. The third-order valence-electron chi connectivity index (χ3n) is 3.03. The highest BCUT2D eigenvalue weighted by Crippen LogP contribution is 2.20. The molecule has 0 aliphatic rings. The zero-order valence-corrected chi connectivity index (χ0v) is 13.1. The third-order valence-corrected chi connectivity index (χ3v) is 4.42. The summed E-state index contributed by atoms with van der Waals surface area (Å²) >= 11 is 0. The van der Waals surface area contributed by atoms with Crippen LogP contribution >= 0.6 is 0 Å². The lowest BCUT2D eigenvalue weighted by molar-refractivity contribution is 0.0600. The van der Waals surface area contributed by atoms with Crippen LogP contribution in [0.1, 0.15) is 15.9 Å². The first kappa shape index (κ1) is 16.9. The highest BCUT2D eigenvalue weighted by molar-refractivity contribution is 7.92. The van der Waals surface area contributed by atoms with E-state index in [9.17, 15) is 17.6 Å². The second-order valence-corrected chi connectivity index (χ2v) is 6.36. The van der Waals surface area contributed by atoms with Crippen molar-refractivity contribution in [2.45, 2.75) is 11.4 Å². The predicted molar refractivity (Wildman–Crippen MR) is 82.9 cm³/mol. The molecule has 23 heavy (non-hydrogen) atoms. The lowest BCUT2D eigenvalue weighted by Crippen LogP contribution is -2.14. The fourth-order valence-electron chi connectivity index (χ4n) is 1.93. The molecule has 0 aliphatic heterocycles. The van der Waals surface area contributed by atoms with Crippen LogP contribution in [0.2, 0.25) is 0 Å². The number of benzene rings is 2. The zero-order valence-electron chi connectivity index (χ0n) is 12.2. The van der Waals surface area contributed by atoms with E-state index in [4.69, 9.17) is 5.73 Å². The molecular weight excluding hydrogens is 323 g/mol. The number of hydrogen-bond donors (Lipinski definition) is 2. The van der Waals surface area contributed by atoms with Crippen LogP contribution in [0, 0.1) is 5.82 Å². The molecule has 0 aromatic heterocycles. The maximum Gasteiger partial charge on any atom is 0.337 e. The van der Waals surface area contributed by atoms with Crippen LogP contribution in [0.4, 0.5) is 10.1 Å². The van der Waals surface area contributed by atoms with Crippen molar-refractivity contribution in [1.29, 1.82) is 0 Å². The van der Waals surface area contributed by atoms with E-state index in [0.717, 1.165) is 24.3 Å². The summed E-state index contributed by atoms with van der Waals surface area (Å²) in [5.74, 6) is -1.15. The molecule has 2 rings (SSSR count). The number of anilines is 1. The predicted octanol–water partition coefficient (Wildman–Crippen LogP) is 1.87. The second kappa shape index (κ2) is 6.76.